The van der Waals surface area contributed by atoms with E-state index in [9.17, 15) is 5.11 Å². The third-order valence-electron chi connectivity index (χ3n) is 4.16. The summed E-state index contributed by atoms with van der Waals surface area (Å²) in [5.74, 6) is 0. The van der Waals surface area contributed by atoms with E-state index in [1.54, 1.807) is 31.1 Å². The fourth-order valence-electron chi connectivity index (χ4n) is 3.07. The second-order valence-corrected chi connectivity index (χ2v) is 5.52. The highest BCUT2D eigenvalue weighted by Gasteiger charge is 2.50. The Hall–Kier alpha value is -1.87. The van der Waals surface area contributed by atoms with Gasteiger partial charge in [-0.15, -0.1) is 0 Å². The molecular formula is C14H17N5O3. The molecule has 116 valence electrons. The number of nitrogens with one attached hydrogen (secondary N) is 1. The monoisotopic (exact) mass is 303 g/mol. The van der Waals surface area contributed by atoms with Crippen molar-refractivity contribution in [1.82, 2.24) is 24.8 Å². The Bertz CT molecular complexity index is 608. The normalized spacial score (nSPS) is 34.0. The van der Waals surface area contributed by atoms with Gasteiger partial charge in [0, 0.05) is 36.9 Å². The molecule has 2 bridgehead atoms. The Kier molecular flexibility index (Phi) is 3.59. The van der Waals surface area contributed by atoms with Crippen molar-refractivity contribution in [2.75, 3.05) is 6.61 Å². The summed E-state index contributed by atoms with van der Waals surface area (Å²) in [6, 6.07) is -0.544. The van der Waals surface area contributed by atoms with Crippen molar-refractivity contribution in [2.45, 2.75) is 37.1 Å². The van der Waals surface area contributed by atoms with Crippen LogP contribution in [-0.4, -0.2) is 55.8 Å². The predicted molar refractivity (Wildman–Crippen MR) is 74.5 cm³/mol. The van der Waals surface area contributed by atoms with E-state index in [1.807, 2.05) is 4.57 Å². The molecule has 0 amide bonds. The lowest BCUT2D eigenvalue weighted by Gasteiger charge is -2.39. The SMILES string of the molecule is O[C@H]1[C@H](NCc2cncnc2)[C@H]2CO[C@H](O2)[C@@H]1n1ccnc1. The van der Waals surface area contributed by atoms with Gasteiger partial charge in [0.1, 0.15) is 18.5 Å². The van der Waals surface area contributed by atoms with Crippen molar-refractivity contribution < 1.29 is 14.6 Å². The molecule has 0 saturated carbocycles. The quantitative estimate of drug-likeness (QED) is 0.785. The summed E-state index contributed by atoms with van der Waals surface area (Å²) in [6.07, 6.45) is 8.91. The number of aromatic nitrogens is 4. The molecule has 2 N–H and O–H groups in total. The van der Waals surface area contributed by atoms with Crippen molar-refractivity contribution in [2.24, 2.45) is 0 Å². The largest absolute Gasteiger partial charge is 0.389 e. The maximum Gasteiger partial charge on any atom is 0.181 e. The molecule has 2 aromatic heterocycles. The molecule has 8 heteroatoms. The Morgan fingerprint density at radius 1 is 1.32 bits per heavy atom. The first-order chi connectivity index (χ1) is 10.8. The summed E-state index contributed by atoms with van der Waals surface area (Å²) in [4.78, 5) is 12.0. The van der Waals surface area contributed by atoms with E-state index in [1.165, 1.54) is 6.33 Å². The van der Waals surface area contributed by atoms with Crippen molar-refractivity contribution in [1.29, 1.82) is 0 Å². The predicted octanol–water partition coefficient (Wildman–Crippen LogP) is -0.511. The molecule has 5 atom stereocenters. The van der Waals surface area contributed by atoms with E-state index in [2.05, 4.69) is 20.3 Å². The molecule has 0 aromatic carbocycles. The van der Waals surface area contributed by atoms with Gasteiger partial charge in [-0.1, -0.05) is 0 Å². The fraction of sp³-hybridized carbons (Fsp3) is 0.500. The van der Waals surface area contributed by atoms with Crippen LogP contribution in [0, 0.1) is 0 Å². The summed E-state index contributed by atoms with van der Waals surface area (Å²) in [5.41, 5.74) is 0.954. The minimum absolute atomic E-state index is 0.163. The molecule has 22 heavy (non-hydrogen) atoms. The minimum Gasteiger partial charge on any atom is -0.389 e. The van der Waals surface area contributed by atoms with Crippen molar-refractivity contribution in [3.05, 3.63) is 43.0 Å². The molecule has 2 fully saturated rings. The lowest BCUT2D eigenvalue weighted by molar-refractivity contribution is -0.165. The maximum atomic E-state index is 10.8. The van der Waals surface area contributed by atoms with Crippen LogP contribution < -0.4 is 5.32 Å². The van der Waals surface area contributed by atoms with Crippen LogP contribution in [0.15, 0.2) is 37.4 Å². The van der Waals surface area contributed by atoms with Gasteiger partial charge in [0.25, 0.3) is 0 Å². The molecule has 2 saturated heterocycles. The van der Waals surface area contributed by atoms with E-state index in [0.29, 0.717) is 13.2 Å². The zero-order valence-electron chi connectivity index (χ0n) is 11.8. The van der Waals surface area contributed by atoms with Crippen LogP contribution in [0.1, 0.15) is 11.6 Å². The third kappa shape index (κ3) is 2.40. The van der Waals surface area contributed by atoms with Crippen LogP contribution in [0.3, 0.4) is 0 Å². The van der Waals surface area contributed by atoms with Crippen LogP contribution in [0.4, 0.5) is 0 Å². The van der Waals surface area contributed by atoms with Gasteiger partial charge in [-0.25, -0.2) is 15.0 Å². The molecule has 0 unspecified atom stereocenters. The van der Waals surface area contributed by atoms with Gasteiger partial charge in [0.05, 0.1) is 25.1 Å². The first-order valence-corrected chi connectivity index (χ1v) is 7.23. The van der Waals surface area contributed by atoms with Gasteiger partial charge in [0.2, 0.25) is 0 Å². The Labute approximate surface area is 127 Å². The highest BCUT2D eigenvalue weighted by molar-refractivity contribution is 5.05. The molecule has 2 aliphatic heterocycles. The first kappa shape index (κ1) is 13.8. The second kappa shape index (κ2) is 5.73. The summed E-state index contributed by atoms with van der Waals surface area (Å²) < 4.78 is 13.4. The molecule has 0 spiro atoms. The topological polar surface area (TPSA) is 94.3 Å². The summed E-state index contributed by atoms with van der Waals surface area (Å²) in [7, 11) is 0. The number of fused-ring (bicyclic) bond motifs is 2. The number of aliphatic hydroxyl groups excluding tert-OH is 1. The maximum absolute atomic E-state index is 10.8. The van der Waals surface area contributed by atoms with Crippen molar-refractivity contribution >= 4 is 0 Å². The number of aliphatic hydroxyl groups is 1. The Balaban J connectivity index is 1.51. The van der Waals surface area contributed by atoms with Gasteiger partial charge in [-0.05, 0) is 0 Å². The van der Waals surface area contributed by atoms with Gasteiger partial charge in [-0.2, -0.15) is 0 Å². The number of nitrogens with zero attached hydrogens (tertiary/aromatic N) is 4. The standard InChI is InChI=1S/C14H17N5O3/c20-13-11(18-5-9-3-16-7-17-4-9)10-6-21-14(22-10)12(13)19-2-1-15-8-19/h1-4,7-8,10-14,18,20H,5-6H2/t10-,11-,12-,13+,14-/m1/s1. The van der Waals surface area contributed by atoms with Crippen molar-refractivity contribution in [3.8, 4) is 0 Å². The van der Waals surface area contributed by atoms with Crippen LogP contribution >= 0.6 is 0 Å². The summed E-state index contributed by atoms with van der Waals surface area (Å²) >= 11 is 0. The van der Waals surface area contributed by atoms with Gasteiger partial charge in [0.15, 0.2) is 6.29 Å². The molecule has 0 aliphatic carbocycles. The van der Waals surface area contributed by atoms with E-state index >= 15 is 0 Å². The molecular weight excluding hydrogens is 286 g/mol. The first-order valence-electron chi connectivity index (χ1n) is 7.23. The van der Waals surface area contributed by atoms with E-state index < -0.39 is 12.4 Å². The lowest BCUT2D eigenvalue weighted by Crippen LogP contribution is -2.57. The number of hydrogen-bond acceptors (Lipinski definition) is 7. The number of rotatable bonds is 4. The van der Waals surface area contributed by atoms with Gasteiger partial charge < -0.3 is 24.5 Å². The zero-order valence-corrected chi connectivity index (χ0v) is 11.8. The van der Waals surface area contributed by atoms with E-state index in [-0.39, 0.29) is 18.2 Å². The number of ether oxygens (including phenoxy) is 2. The van der Waals surface area contributed by atoms with E-state index in [4.69, 9.17) is 9.47 Å². The van der Waals surface area contributed by atoms with Crippen LogP contribution in [-0.2, 0) is 16.0 Å². The molecule has 4 rings (SSSR count). The molecule has 0 radical (unpaired) electrons. The fourth-order valence-corrected chi connectivity index (χ4v) is 3.07. The molecule has 2 aromatic rings. The van der Waals surface area contributed by atoms with E-state index in [0.717, 1.165) is 5.56 Å². The van der Waals surface area contributed by atoms with Crippen LogP contribution in [0.2, 0.25) is 0 Å². The molecule has 2 aliphatic rings. The Morgan fingerprint density at radius 3 is 2.95 bits per heavy atom. The molecule has 4 heterocycles. The molecule has 8 nitrogen and oxygen atoms in total. The third-order valence-corrected chi connectivity index (χ3v) is 4.16. The minimum atomic E-state index is -0.634. The highest BCUT2D eigenvalue weighted by Crippen LogP contribution is 2.35. The number of imidazole rings is 1. The van der Waals surface area contributed by atoms with Gasteiger partial charge >= 0.3 is 0 Å². The van der Waals surface area contributed by atoms with Gasteiger partial charge in [-0.3, -0.25) is 0 Å². The summed E-state index contributed by atoms with van der Waals surface area (Å²) in [5, 5.41) is 14.1. The number of hydrogen-bond donors (Lipinski definition) is 2. The average Bonchev–Trinajstić information content (AvgIpc) is 3.20. The summed E-state index contributed by atoms with van der Waals surface area (Å²) in [6.45, 7) is 1.03. The Morgan fingerprint density at radius 2 is 2.18 bits per heavy atom. The second-order valence-electron chi connectivity index (χ2n) is 5.52. The zero-order chi connectivity index (χ0) is 14.9. The van der Waals surface area contributed by atoms with Crippen molar-refractivity contribution in [3.63, 3.8) is 0 Å². The average molecular weight is 303 g/mol. The van der Waals surface area contributed by atoms with Crippen LogP contribution in [0.25, 0.3) is 0 Å². The highest BCUT2D eigenvalue weighted by atomic mass is 16.7. The smallest absolute Gasteiger partial charge is 0.181 e. The lowest BCUT2D eigenvalue weighted by atomic mass is 9.95. The van der Waals surface area contributed by atoms with Crippen LogP contribution in [0.5, 0.6) is 0 Å².